The highest BCUT2D eigenvalue weighted by Gasteiger charge is 2.31. The fourth-order valence-corrected chi connectivity index (χ4v) is 5.01. The van der Waals surface area contributed by atoms with Crippen LogP contribution in [0.1, 0.15) is 38.8 Å². The molecule has 6 nitrogen and oxygen atoms in total. The summed E-state index contributed by atoms with van der Waals surface area (Å²) in [5, 5.41) is 0. The van der Waals surface area contributed by atoms with Crippen LogP contribution in [0.2, 0.25) is 0 Å². The van der Waals surface area contributed by atoms with Crippen LogP contribution in [0.3, 0.4) is 0 Å². The first-order valence-corrected chi connectivity index (χ1v) is 11.3. The van der Waals surface area contributed by atoms with Gasteiger partial charge in [0.05, 0.1) is 11.5 Å². The Bertz CT molecular complexity index is 739. The van der Waals surface area contributed by atoms with Crippen LogP contribution in [0.25, 0.3) is 0 Å². The third-order valence-electron chi connectivity index (χ3n) is 5.43. The number of nitrogens with zero attached hydrogens (tertiary/aromatic N) is 2. The Balaban J connectivity index is 2.09. The second-order valence-corrected chi connectivity index (χ2v) is 9.61. The normalized spacial score (nSPS) is 17.3. The molecule has 2 rings (SSSR count). The van der Waals surface area contributed by atoms with Crippen molar-refractivity contribution in [1.29, 1.82) is 0 Å². The average Bonchev–Trinajstić information content (AvgIpc) is 2.63. The molecular formula is C20H35N3O3S. The fourth-order valence-electron chi connectivity index (χ4n) is 3.49. The van der Waals surface area contributed by atoms with Gasteiger partial charge in [-0.2, -0.15) is 0 Å². The molecule has 0 bridgehead atoms. The van der Waals surface area contributed by atoms with Crippen molar-refractivity contribution in [3.8, 4) is 5.75 Å². The Morgan fingerprint density at radius 2 is 1.70 bits per heavy atom. The fraction of sp³-hybridized carbons (Fsp3) is 0.700. The van der Waals surface area contributed by atoms with E-state index in [1.807, 2.05) is 26.8 Å². The zero-order valence-corrected chi connectivity index (χ0v) is 18.4. The summed E-state index contributed by atoms with van der Waals surface area (Å²) in [5.74, 6) is 0.739. The molecule has 0 radical (unpaired) electrons. The van der Waals surface area contributed by atoms with E-state index in [2.05, 4.69) is 35.3 Å². The van der Waals surface area contributed by atoms with Gasteiger partial charge in [0.15, 0.2) is 0 Å². The summed E-state index contributed by atoms with van der Waals surface area (Å²) in [4.78, 5) is 5.12. The molecule has 0 spiro atoms. The van der Waals surface area contributed by atoms with Crippen LogP contribution in [-0.4, -0.2) is 69.6 Å². The first kappa shape index (κ1) is 22.1. The molecule has 1 aromatic carbocycles. The number of nitrogens with one attached hydrogen (secondary N) is 1. The minimum Gasteiger partial charge on any atom is -0.494 e. The summed E-state index contributed by atoms with van der Waals surface area (Å²) < 4.78 is 34.3. The number of hydrogen-bond acceptors (Lipinski definition) is 5. The van der Waals surface area contributed by atoms with Crippen LogP contribution in [0.15, 0.2) is 17.0 Å². The quantitative estimate of drug-likeness (QED) is 0.730. The molecule has 0 amide bonds. The van der Waals surface area contributed by atoms with Crippen LogP contribution < -0.4 is 9.46 Å². The van der Waals surface area contributed by atoms with Crippen LogP contribution in [-0.2, 0) is 10.0 Å². The van der Waals surface area contributed by atoms with E-state index in [9.17, 15) is 8.42 Å². The van der Waals surface area contributed by atoms with Gasteiger partial charge < -0.3 is 9.64 Å². The molecule has 1 aliphatic heterocycles. The summed E-state index contributed by atoms with van der Waals surface area (Å²) in [6, 6.07) is 3.51. The lowest BCUT2D eigenvalue weighted by Crippen LogP contribution is -2.58. The highest BCUT2D eigenvalue weighted by Crippen LogP contribution is 2.26. The highest BCUT2D eigenvalue weighted by atomic mass is 32.2. The van der Waals surface area contributed by atoms with Crippen molar-refractivity contribution < 1.29 is 13.2 Å². The van der Waals surface area contributed by atoms with Gasteiger partial charge >= 0.3 is 0 Å². The summed E-state index contributed by atoms with van der Waals surface area (Å²) in [6.07, 6.45) is 0. The summed E-state index contributed by atoms with van der Waals surface area (Å²) in [5.41, 5.74) is 1.30. The van der Waals surface area contributed by atoms with Crippen molar-refractivity contribution in [2.45, 2.75) is 52.0 Å². The molecule has 7 heteroatoms. The SMILES string of the molecule is CCOc1cc(C)c(S(=O)(=O)NCC(C)(C)N2CCN(CC)CC2)cc1C. The minimum absolute atomic E-state index is 0.235. The van der Waals surface area contributed by atoms with Gasteiger partial charge in [-0.25, -0.2) is 13.1 Å². The van der Waals surface area contributed by atoms with Gasteiger partial charge in [-0.3, -0.25) is 4.90 Å². The van der Waals surface area contributed by atoms with E-state index in [1.54, 1.807) is 6.07 Å². The highest BCUT2D eigenvalue weighted by molar-refractivity contribution is 7.89. The zero-order valence-electron chi connectivity index (χ0n) is 17.6. The maximum Gasteiger partial charge on any atom is 0.240 e. The van der Waals surface area contributed by atoms with Crippen molar-refractivity contribution in [3.05, 3.63) is 23.3 Å². The summed E-state index contributed by atoms with van der Waals surface area (Å²) >= 11 is 0. The predicted octanol–water partition coefficient (Wildman–Crippen LogP) is 2.40. The molecular weight excluding hydrogens is 362 g/mol. The van der Waals surface area contributed by atoms with E-state index in [1.165, 1.54) is 0 Å². The number of benzene rings is 1. The molecule has 1 fully saturated rings. The van der Waals surface area contributed by atoms with Gasteiger partial charge in [0.2, 0.25) is 10.0 Å². The third-order valence-corrected chi connectivity index (χ3v) is 6.98. The lowest BCUT2D eigenvalue weighted by Gasteiger charge is -2.44. The molecule has 27 heavy (non-hydrogen) atoms. The molecule has 1 saturated heterocycles. The van der Waals surface area contributed by atoms with Crippen LogP contribution in [0, 0.1) is 13.8 Å². The number of aryl methyl sites for hydroxylation is 2. The number of hydrogen-bond donors (Lipinski definition) is 1. The predicted molar refractivity (Wildman–Crippen MR) is 110 cm³/mol. The molecule has 1 aliphatic rings. The van der Waals surface area contributed by atoms with Crippen molar-refractivity contribution in [2.75, 3.05) is 45.9 Å². The second-order valence-electron chi connectivity index (χ2n) is 7.87. The number of likely N-dealkylation sites (N-methyl/N-ethyl adjacent to an activating group) is 1. The first-order chi connectivity index (χ1) is 12.6. The smallest absolute Gasteiger partial charge is 0.240 e. The molecule has 1 N–H and O–H groups in total. The maximum atomic E-state index is 12.9. The molecule has 154 valence electrons. The van der Waals surface area contributed by atoms with Crippen LogP contribution in [0.5, 0.6) is 5.75 Å². The van der Waals surface area contributed by atoms with Crippen molar-refractivity contribution >= 4 is 10.0 Å². The van der Waals surface area contributed by atoms with Gasteiger partial charge in [-0.1, -0.05) is 6.92 Å². The molecule has 0 atom stereocenters. The number of ether oxygens (including phenoxy) is 1. The van der Waals surface area contributed by atoms with Gasteiger partial charge in [0.25, 0.3) is 0 Å². The van der Waals surface area contributed by atoms with Gasteiger partial charge in [-0.05, 0) is 64.4 Å². The number of rotatable bonds is 8. The Morgan fingerprint density at radius 3 is 2.26 bits per heavy atom. The topological polar surface area (TPSA) is 61.9 Å². The van der Waals surface area contributed by atoms with E-state index in [4.69, 9.17) is 4.74 Å². The Kier molecular flexibility index (Phi) is 7.30. The monoisotopic (exact) mass is 397 g/mol. The van der Waals surface area contributed by atoms with E-state index >= 15 is 0 Å². The molecule has 0 aliphatic carbocycles. The van der Waals surface area contributed by atoms with E-state index < -0.39 is 10.0 Å². The molecule has 0 aromatic heterocycles. The van der Waals surface area contributed by atoms with Gasteiger partial charge in [-0.15, -0.1) is 0 Å². The number of piperazine rings is 1. The van der Waals surface area contributed by atoms with Crippen LogP contribution >= 0.6 is 0 Å². The largest absolute Gasteiger partial charge is 0.494 e. The minimum atomic E-state index is -3.58. The molecule has 0 unspecified atom stereocenters. The molecule has 0 saturated carbocycles. The standard InChI is InChI=1S/C20H35N3O3S/c1-7-22-9-11-23(12-10-22)20(5,6)15-21-27(24,25)19-14-16(3)18(26-8-2)13-17(19)4/h13-14,21H,7-12,15H2,1-6H3. The average molecular weight is 398 g/mol. The number of sulfonamides is 1. The van der Waals surface area contributed by atoms with E-state index in [0.717, 1.165) is 44.0 Å². The lowest BCUT2D eigenvalue weighted by atomic mass is 10.0. The molecule has 1 aromatic rings. The van der Waals surface area contributed by atoms with Gasteiger partial charge in [0, 0.05) is 38.3 Å². The van der Waals surface area contributed by atoms with Crippen molar-refractivity contribution in [2.24, 2.45) is 0 Å². The second kappa shape index (κ2) is 8.90. The summed E-state index contributed by atoms with van der Waals surface area (Å²) in [7, 11) is -3.58. The van der Waals surface area contributed by atoms with Crippen molar-refractivity contribution in [3.63, 3.8) is 0 Å². The van der Waals surface area contributed by atoms with Crippen molar-refractivity contribution in [1.82, 2.24) is 14.5 Å². The Morgan fingerprint density at radius 1 is 1.07 bits per heavy atom. The van der Waals surface area contributed by atoms with E-state index in [-0.39, 0.29) is 5.54 Å². The zero-order chi connectivity index (χ0) is 20.2. The summed E-state index contributed by atoms with van der Waals surface area (Å²) in [6.45, 7) is 18.0. The first-order valence-electron chi connectivity index (χ1n) is 9.82. The Labute approximate surface area is 164 Å². The van der Waals surface area contributed by atoms with E-state index in [0.29, 0.717) is 23.6 Å². The maximum absolute atomic E-state index is 12.9. The third kappa shape index (κ3) is 5.44. The lowest BCUT2D eigenvalue weighted by molar-refractivity contribution is 0.0571. The van der Waals surface area contributed by atoms with Gasteiger partial charge in [0.1, 0.15) is 5.75 Å². The molecule has 1 heterocycles. The Hall–Kier alpha value is -1.15. The van der Waals surface area contributed by atoms with Crippen LogP contribution in [0.4, 0.5) is 0 Å².